The fourth-order valence-electron chi connectivity index (χ4n) is 2.09. The number of hydrogen-bond acceptors (Lipinski definition) is 3. The molecule has 0 heterocycles. The summed E-state index contributed by atoms with van der Waals surface area (Å²) in [5.74, 6) is -1.66. The highest BCUT2D eigenvalue weighted by Crippen LogP contribution is 2.28. The zero-order valence-electron chi connectivity index (χ0n) is 13.5. The van der Waals surface area contributed by atoms with Gasteiger partial charge in [0, 0.05) is 3.57 Å². The predicted octanol–water partition coefficient (Wildman–Crippen LogP) is 4.53. The average Bonchev–Trinajstić information content (AvgIpc) is 2.39. The van der Waals surface area contributed by atoms with Gasteiger partial charge in [0.1, 0.15) is 0 Å². The van der Waals surface area contributed by atoms with E-state index in [1.807, 2.05) is 35.6 Å². The van der Waals surface area contributed by atoms with Crippen molar-refractivity contribution in [3.63, 3.8) is 0 Å². The Bertz CT molecular complexity index is 559. The number of rotatable bonds is 6. The largest absolute Gasteiger partial charge is 0.478 e. The first-order chi connectivity index (χ1) is 10.2. The smallest absolute Gasteiger partial charge is 0.339 e. The molecule has 0 fully saturated rings. The van der Waals surface area contributed by atoms with E-state index in [4.69, 9.17) is 4.74 Å². The van der Waals surface area contributed by atoms with Gasteiger partial charge in [-0.2, -0.15) is 0 Å². The van der Waals surface area contributed by atoms with E-state index in [0.29, 0.717) is 10.2 Å². The standard InChI is InChI=1S/C17H23IO4/c1-5-6-9-22-16(21)12-8-7-11(10-17(2,3)4)14(18)13(12)15(19)20/h7-8H,5-6,9-10H2,1-4H3,(H,19,20). The van der Waals surface area contributed by atoms with Crippen molar-refractivity contribution < 1.29 is 19.4 Å². The number of carboxylic acid groups (broad SMARTS) is 1. The van der Waals surface area contributed by atoms with Crippen LogP contribution in [0.15, 0.2) is 12.1 Å². The number of carbonyl (C=O) groups is 2. The number of ether oxygens (including phenoxy) is 1. The minimum atomic E-state index is -1.09. The molecule has 0 saturated heterocycles. The molecule has 122 valence electrons. The van der Waals surface area contributed by atoms with E-state index in [0.717, 1.165) is 24.8 Å². The summed E-state index contributed by atoms with van der Waals surface area (Å²) in [4.78, 5) is 23.7. The van der Waals surface area contributed by atoms with E-state index in [2.05, 4.69) is 20.8 Å². The summed E-state index contributed by atoms with van der Waals surface area (Å²) in [5.41, 5.74) is 1.16. The third-order valence-electron chi connectivity index (χ3n) is 3.11. The summed E-state index contributed by atoms with van der Waals surface area (Å²) in [5, 5.41) is 9.48. The minimum absolute atomic E-state index is 0.0405. The van der Waals surface area contributed by atoms with Crippen LogP contribution in [0.3, 0.4) is 0 Å². The summed E-state index contributed by atoms with van der Waals surface area (Å²) in [6.07, 6.45) is 2.44. The van der Waals surface area contributed by atoms with E-state index in [9.17, 15) is 14.7 Å². The number of aromatic carboxylic acids is 1. The van der Waals surface area contributed by atoms with Crippen molar-refractivity contribution in [2.24, 2.45) is 5.41 Å². The lowest BCUT2D eigenvalue weighted by atomic mass is 9.87. The van der Waals surface area contributed by atoms with E-state index in [1.165, 1.54) is 0 Å². The molecule has 1 aromatic carbocycles. The van der Waals surface area contributed by atoms with Crippen LogP contribution in [0, 0.1) is 8.99 Å². The second-order valence-corrected chi connectivity index (χ2v) is 7.57. The number of esters is 1. The molecular formula is C17H23IO4. The Kier molecular flexibility index (Phi) is 6.84. The van der Waals surface area contributed by atoms with Crippen LogP contribution in [-0.2, 0) is 11.2 Å². The van der Waals surface area contributed by atoms with Crippen LogP contribution in [0.5, 0.6) is 0 Å². The van der Waals surface area contributed by atoms with Gasteiger partial charge in [-0.1, -0.05) is 40.2 Å². The molecule has 0 aliphatic heterocycles. The molecule has 5 heteroatoms. The van der Waals surface area contributed by atoms with Gasteiger partial charge in [-0.15, -0.1) is 0 Å². The first kappa shape index (κ1) is 18.9. The number of hydrogen-bond donors (Lipinski definition) is 1. The van der Waals surface area contributed by atoms with Gasteiger partial charge in [0.05, 0.1) is 17.7 Å². The average molecular weight is 418 g/mol. The summed E-state index contributed by atoms with van der Waals surface area (Å²) >= 11 is 2.01. The molecule has 0 aromatic heterocycles. The molecule has 0 radical (unpaired) electrons. The van der Waals surface area contributed by atoms with Gasteiger partial charge < -0.3 is 9.84 Å². The van der Waals surface area contributed by atoms with Gasteiger partial charge in [0.2, 0.25) is 0 Å². The van der Waals surface area contributed by atoms with E-state index < -0.39 is 11.9 Å². The summed E-state index contributed by atoms with van der Waals surface area (Å²) in [6.45, 7) is 8.60. The molecule has 1 rings (SSSR count). The maximum Gasteiger partial charge on any atom is 0.339 e. The Labute approximate surface area is 145 Å². The van der Waals surface area contributed by atoms with E-state index >= 15 is 0 Å². The molecule has 22 heavy (non-hydrogen) atoms. The first-order valence-electron chi connectivity index (χ1n) is 7.39. The summed E-state index contributed by atoms with van der Waals surface area (Å²) in [7, 11) is 0. The number of carboxylic acids is 1. The molecule has 0 aliphatic carbocycles. The monoisotopic (exact) mass is 418 g/mol. The molecule has 0 aliphatic rings. The molecular weight excluding hydrogens is 395 g/mol. The minimum Gasteiger partial charge on any atom is -0.478 e. The molecule has 0 spiro atoms. The number of unbranched alkanes of at least 4 members (excludes halogenated alkanes) is 1. The number of benzene rings is 1. The zero-order valence-corrected chi connectivity index (χ0v) is 15.7. The van der Waals surface area contributed by atoms with Gasteiger partial charge in [0.15, 0.2) is 0 Å². The molecule has 0 amide bonds. The van der Waals surface area contributed by atoms with Crippen molar-refractivity contribution in [3.8, 4) is 0 Å². The van der Waals surface area contributed by atoms with Crippen LogP contribution in [0.25, 0.3) is 0 Å². The Balaban J connectivity index is 3.17. The van der Waals surface area contributed by atoms with Gasteiger partial charge in [-0.05, 0) is 52.5 Å². The fourth-order valence-corrected chi connectivity index (χ4v) is 2.98. The maximum atomic E-state index is 12.1. The van der Waals surface area contributed by atoms with Gasteiger partial charge >= 0.3 is 11.9 Å². The lowest BCUT2D eigenvalue weighted by molar-refractivity contribution is 0.0489. The molecule has 0 atom stereocenters. The SMILES string of the molecule is CCCCOC(=O)c1ccc(CC(C)(C)C)c(I)c1C(=O)O. The molecule has 1 aromatic rings. The highest BCUT2D eigenvalue weighted by atomic mass is 127. The van der Waals surface area contributed by atoms with Crippen LogP contribution < -0.4 is 0 Å². The van der Waals surface area contributed by atoms with E-state index in [-0.39, 0.29) is 16.5 Å². The van der Waals surface area contributed by atoms with Crippen LogP contribution >= 0.6 is 22.6 Å². The topological polar surface area (TPSA) is 63.6 Å². The third-order valence-corrected chi connectivity index (χ3v) is 4.34. The van der Waals surface area contributed by atoms with Crippen LogP contribution in [0.2, 0.25) is 0 Å². The van der Waals surface area contributed by atoms with Crippen LogP contribution in [-0.4, -0.2) is 23.7 Å². The Morgan fingerprint density at radius 3 is 2.41 bits per heavy atom. The lowest BCUT2D eigenvalue weighted by Gasteiger charge is -2.20. The zero-order chi connectivity index (χ0) is 16.9. The summed E-state index contributed by atoms with van der Waals surface area (Å²) < 4.78 is 5.77. The fraction of sp³-hybridized carbons (Fsp3) is 0.529. The van der Waals surface area contributed by atoms with Crippen molar-refractivity contribution in [3.05, 3.63) is 32.4 Å². The highest BCUT2D eigenvalue weighted by molar-refractivity contribution is 14.1. The van der Waals surface area contributed by atoms with Crippen molar-refractivity contribution in [1.29, 1.82) is 0 Å². The number of carbonyl (C=O) groups excluding carboxylic acids is 1. The third kappa shape index (κ3) is 5.26. The van der Waals surface area contributed by atoms with Crippen molar-refractivity contribution in [2.45, 2.75) is 47.0 Å². The first-order valence-corrected chi connectivity index (χ1v) is 8.47. The molecule has 0 unspecified atom stereocenters. The number of halogens is 1. The van der Waals surface area contributed by atoms with Crippen molar-refractivity contribution in [1.82, 2.24) is 0 Å². The Hall–Kier alpha value is -1.11. The highest BCUT2D eigenvalue weighted by Gasteiger charge is 2.24. The summed E-state index contributed by atoms with van der Waals surface area (Å²) in [6, 6.07) is 3.40. The van der Waals surface area contributed by atoms with Crippen LogP contribution in [0.4, 0.5) is 0 Å². The second kappa shape index (κ2) is 7.94. The molecule has 0 bridgehead atoms. The lowest BCUT2D eigenvalue weighted by Crippen LogP contribution is -2.17. The quantitative estimate of drug-likeness (QED) is 0.419. The van der Waals surface area contributed by atoms with Gasteiger partial charge in [0.25, 0.3) is 0 Å². The Morgan fingerprint density at radius 1 is 1.27 bits per heavy atom. The predicted molar refractivity (Wildman–Crippen MR) is 94.5 cm³/mol. The maximum absolute atomic E-state index is 12.1. The Morgan fingerprint density at radius 2 is 1.91 bits per heavy atom. The van der Waals surface area contributed by atoms with Gasteiger partial charge in [-0.25, -0.2) is 9.59 Å². The van der Waals surface area contributed by atoms with Crippen LogP contribution in [0.1, 0.15) is 66.8 Å². The van der Waals surface area contributed by atoms with Gasteiger partial charge in [-0.3, -0.25) is 0 Å². The molecule has 1 N–H and O–H groups in total. The normalized spacial score (nSPS) is 11.3. The van der Waals surface area contributed by atoms with Crippen molar-refractivity contribution >= 4 is 34.5 Å². The van der Waals surface area contributed by atoms with E-state index in [1.54, 1.807) is 6.07 Å². The molecule has 4 nitrogen and oxygen atoms in total. The van der Waals surface area contributed by atoms with Crippen molar-refractivity contribution in [2.75, 3.05) is 6.61 Å². The second-order valence-electron chi connectivity index (χ2n) is 6.49. The molecule has 0 saturated carbocycles.